The third-order valence-electron chi connectivity index (χ3n) is 3.68. The predicted octanol–water partition coefficient (Wildman–Crippen LogP) is 2.10. The van der Waals surface area contributed by atoms with Crippen LogP contribution in [0.1, 0.15) is 5.56 Å². The monoisotopic (exact) mass is 430 g/mol. The zero-order chi connectivity index (χ0) is 19.7. The Bertz CT molecular complexity index is 1020. The van der Waals surface area contributed by atoms with Crippen LogP contribution >= 0.6 is 15.9 Å². The second-order valence-corrected chi connectivity index (χ2v) is 6.33. The lowest BCUT2D eigenvalue weighted by atomic mass is 10.1. The van der Waals surface area contributed by atoms with Crippen molar-refractivity contribution in [1.29, 1.82) is 0 Å². The normalized spacial score (nSPS) is 15.8. The fraction of sp³-hybridized carbons (Fsp3) is 0. The number of imide groups is 2. The Balaban J connectivity index is 2.03. The molecule has 10 heteroatoms. The second kappa shape index (κ2) is 7.00. The molecule has 4 amide bonds. The maximum atomic E-state index is 12.7. The van der Waals surface area contributed by atoms with Crippen LogP contribution in [-0.2, 0) is 9.59 Å². The molecule has 1 N–H and O–H groups in total. The van der Waals surface area contributed by atoms with Gasteiger partial charge in [0.2, 0.25) is 0 Å². The van der Waals surface area contributed by atoms with Crippen LogP contribution in [0, 0.1) is 10.1 Å². The van der Waals surface area contributed by atoms with Gasteiger partial charge < -0.3 is 5.11 Å². The summed E-state index contributed by atoms with van der Waals surface area (Å²) in [6, 6.07) is 8.49. The summed E-state index contributed by atoms with van der Waals surface area (Å²) in [6.45, 7) is 0. The van der Waals surface area contributed by atoms with E-state index in [9.17, 15) is 29.6 Å². The van der Waals surface area contributed by atoms with Crippen molar-refractivity contribution in [2.75, 3.05) is 4.90 Å². The van der Waals surface area contributed by atoms with E-state index < -0.39 is 39.8 Å². The number of carbonyl (C=O) groups is 3. The number of anilines is 1. The summed E-state index contributed by atoms with van der Waals surface area (Å²) < 4.78 is 0.730. The molecule has 0 atom stereocenters. The minimum Gasteiger partial charge on any atom is -0.868 e. The number of nitro benzene ring substituents is 1. The molecule has 0 aliphatic carbocycles. The summed E-state index contributed by atoms with van der Waals surface area (Å²) in [5.41, 5.74) is -0.746. The molecule has 2 aromatic rings. The molecule has 0 radical (unpaired) electrons. The van der Waals surface area contributed by atoms with Gasteiger partial charge in [0.15, 0.2) is 0 Å². The fourth-order valence-corrected chi connectivity index (χ4v) is 2.68. The standard InChI is InChI=1S/C17H10BrN3O6/c18-10-2-4-11(5-3-10)20-16(24)12(15(23)19-17(20)25)7-9-1-6-14(22)13(8-9)21(26)27/h1-8,22H,(H,19,23,25)/p-1/b12-7-. The third-order valence-corrected chi connectivity index (χ3v) is 4.21. The molecule has 3 rings (SSSR count). The van der Waals surface area contributed by atoms with Gasteiger partial charge in [-0.1, -0.05) is 28.1 Å². The number of nitrogens with one attached hydrogen (secondary N) is 1. The summed E-state index contributed by atoms with van der Waals surface area (Å²) in [4.78, 5) is 47.7. The summed E-state index contributed by atoms with van der Waals surface area (Å²) >= 11 is 3.24. The number of nitrogens with zero attached hydrogens (tertiary/aromatic N) is 2. The van der Waals surface area contributed by atoms with E-state index in [0.29, 0.717) is 0 Å². The van der Waals surface area contributed by atoms with Crippen molar-refractivity contribution in [2.24, 2.45) is 0 Å². The maximum absolute atomic E-state index is 12.7. The van der Waals surface area contributed by atoms with Crippen LogP contribution in [0.2, 0.25) is 0 Å². The summed E-state index contributed by atoms with van der Waals surface area (Å²) in [6.07, 6.45) is 1.09. The highest BCUT2D eigenvalue weighted by Crippen LogP contribution is 2.27. The van der Waals surface area contributed by atoms with E-state index in [2.05, 4.69) is 15.9 Å². The van der Waals surface area contributed by atoms with Crippen LogP contribution < -0.4 is 15.3 Å². The number of nitro groups is 1. The Hall–Kier alpha value is -3.53. The van der Waals surface area contributed by atoms with Crippen molar-refractivity contribution in [3.63, 3.8) is 0 Å². The number of hydrogen-bond acceptors (Lipinski definition) is 6. The van der Waals surface area contributed by atoms with Gasteiger partial charge in [-0.15, -0.1) is 0 Å². The Kier molecular flexibility index (Phi) is 4.74. The van der Waals surface area contributed by atoms with E-state index in [1.165, 1.54) is 18.2 Å². The molecule has 2 aromatic carbocycles. The van der Waals surface area contributed by atoms with Gasteiger partial charge in [0.1, 0.15) is 5.57 Å². The molecule has 1 heterocycles. The molecule has 0 aromatic heterocycles. The van der Waals surface area contributed by atoms with Crippen LogP contribution in [0.4, 0.5) is 16.2 Å². The van der Waals surface area contributed by atoms with Crippen molar-refractivity contribution in [3.8, 4) is 5.75 Å². The Morgan fingerprint density at radius 3 is 2.37 bits per heavy atom. The highest BCUT2D eigenvalue weighted by Gasteiger charge is 2.36. The number of urea groups is 1. The van der Waals surface area contributed by atoms with E-state index in [0.717, 1.165) is 27.6 Å². The molecule has 1 aliphatic rings. The number of amides is 4. The highest BCUT2D eigenvalue weighted by molar-refractivity contribution is 9.10. The van der Waals surface area contributed by atoms with E-state index >= 15 is 0 Å². The number of hydrogen-bond donors (Lipinski definition) is 1. The Labute approximate surface area is 160 Å². The zero-order valence-corrected chi connectivity index (χ0v) is 14.9. The number of rotatable bonds is 3. The van der Waals surface area contributed by atoms with Crippen molar-refractivity contribution in [1.82, 2.24) is 5.32 Å². The lowest BCUT2D eigenvalue weighted by Gasteiger charge is -2.26. The molecule has 1 saturated heterocycles. The molecule has 0 spiro atoms. The van der Waals surface area contributed by atoms with Crippen molar-refractivity contribution in [3.05, 3.63) is 68.2 Å². The smallest absolute Gasteiger partial charge is 0.335 e. The van der Waals surface area contributed by atoms with Gasteiger partial charge >= 0.3 is 6.03 Å². The largest absolute Gasteiger partial charge is 0.868 e. The molecule has 1 aliphatic heterocycles. The third kappa shape index (κ3) is 3.55. The average molecular weight is 431 g/mol. The van der Waals surface area contributed by atoms with Gasteiger partial charge in [-0.05, 0) is 41.7 Å². The minimum atomic E-state index is -0.938. The van der Waals surface area contributed by atoms with Crippen LogP contribution in [0.15, 0.2) is 52.5 Å². The van der Waals surface area contributed by atoms with Crippen LogP contribution in [0.3, 0.4) is 0 Å². The van der Waals surface area contributed by atoms with Crippen molar-refractivity contribution >= 4 is 51.2 Å². The first kappa shape index (κ1) is 18.3. The van der Waals surface area contributed by atoms with Crippen molar-refractivity contribution < 1.29 is 24.4 Å². The number of barbiturate groups is 1. The number of carbonyl (C=O) groups excluding carboxylic acids is 3. The van der Waals surface area contributed by atoms with E-state index in [4.69, 9.17) is 0 Å². The first-order valence-corrected chi connectivity index (χ1v) is 8.19. The van der Waals surface area contributed by atoms with Gasteiger partial charge in [-0.2, -0.15) is 0 Å². The lowest BCUT2D eigenvalue weighted by Crippen LogP contribution is -2.54. The van der Waals surface area contributed by atoms with Crippen LogP contribution in [0.25, 0.3) is 6.08 Å². The van der Waals surface area contributed by atoms with Crippen LogP contribution in [0.5, 0.6) is 5.75 Å². The van der Waals surface area contributed by atoms with Gasteiger partial charge in [-0.3, -0.25) is 25.0 Å². The number of halogens is 1. The molecule has 136 valence electrons. The van der Waals surface area contributed by atoms with Crippen molar-refractivity contribution in [2.45, 2.75) is 0 Å². The van der Waals surface area contributed by atoms with E-state index in [1.807, 2.05) is 5.32 Å². The molecule has 0 unspecified atom stereocenters. The predicted molar refractivity (Wildman–Crippen MR) is 95.7 cm³/mol. The van der Waals surface area contributed by atoms with Gasteiger partial charge in [0.05, 0.1) is 10.6 Å². The molecule has 0 saturated carbocycles. The Morgan fingerprint density at radius 1 is 1.07 bits per heavy atom. The molecule has 9 nitrogen and oxygen atoms in total. The van der Waals surface area contributed by atoms with Crippen LogP contribution in [-0.4, -0.2) is 22.8 Å². The quantitative estimate of drug-likeness (QED) is 0.343. The number of benzene rings is 2. The zero-order valence-electron chi connectivity index (χ0n) is 13.3. The lowest BCUT2D eigenvalue weighted by molar-refractivity contribution is -0.398. The molecule has 27 heavy (non-hydrogen) atoms. The Morgan fingerprint density at radius 2 is 1.74 bits per heavy atom. The topological polar surface area (TPSA) is 133 Å². The van der Waals surface area contributed by atoms with Gasteiger partial charge in [0, 0.05) is 10.5 Å². The van der Waals surface area contributed by atoms with Gasteiger partial charge in [0.25, 0.3) is 17.5 Å². The summed E-state index contributed by atoms with van der Waals surface area (Å²) in [5.74, 6) is -2.62. The van der Waals surface area contributed by atoms with Gasteiger partial charge in [-0.25, -0.2) is 9.69 Å². The molecule has 1 fully saturated rings. The average Bonchev–Trinajstić information content (AvgIpc) is 2.61. The maximum Gasteiger partial charge on any atom is 0.335 e. The first-order chi connectivity index (χ1) is 12.8. The highest BCUT2D eigenvalue weighted by atomic mass is 79.9. The molecular weight excluding hydrogens is 422 g/mol. The molecular formula is C17H9BrN3O6-. The minimum absolute atomic E-state index is 0.102. The second-order valence-electron chi connectivity index (χ2n) is 5.42. The van der Waals surface area contributed by atoms with E-state index in [1.54, 1.807) is 12.1 Å². The van der Waals surface area contributed by atoms with E-state index in [-0.39, 0.29) is 11.3 Å². The molecule has 0 bridgehead atoms. The summed E-state index contributed by atoms with van der Waals surface area (Å²) in [5, 5.41) is 24.4. The SMILES string of the molecule is O=C1NC(=O)N(c2ccc(Br)cc2)C(=O)/C1=C\c1ccc([O-])c([N+](=O)[O-])c1. The first-order valence-electron chi connectivity index (χ1n) is 7.40. The summed E-state index contributed by atoms with van der Waals surface area (Å²) in [7, 11) is 0. The fourth-order valence-electron chi connectivity index (χ4n) is 2.42.